The summed E-state index contributed by atoms with van der Waals surface area (Å²) in [6, 6.07) is 12.8. The van der Waals surface area contributed by atoms with Crippen LogP contribution in [0.25, 0.3) is 5.69 Å². The summed E-state index contributed by atoms with van der Waals surface area (Å²) in [5.74, 6) is -0.246. The molecule has 6 nitrogen and oxygen atoms in total. The van der Waals surface area contributed by atoms with Gasteiger partial charge in [0.05, 0.1) is 26.7 Å². The van der Waals surface area contributed by atoms with E-state index in [1.54, 1.807) is 29.8 Å². The lowest BCUT2D eigenvalue weighted by Gasteiger charge is -2.14. The van der Waals surface area contributed by atoms with Crippen LogP contribution in [0.5, 0.6) is 0 Å². The first-order valence-corrected chi connectivity index (χ1v) is 9.37. The van der Waals surface area contributed by atoms with Crippen molar-refractivity contribution in [3.05, 3.63) is 58.1 Å². The predicted molar refractivity (Wildman–Crippen MR) is 104 cm³/mol. The summed E-state index contributed by atoms with van der Waals surface area (Å²) >= 11 is 13.5. The Hall–Kier alpha value is -2.09. The minimum atomic E-state index is -0.462. The highest BCUT2D eigenvalue weighted by atomic mass is 35.5. The lowest BCUT2D eigenvalue weighted by Crippen LogP contribution is -2.23. The predicted octanol–water partition coefficient (Wildman–Crippen LogP) is 4.40. The van der Waals surface area contributed by atoms with E-state index in [-0.39, 0.29) is 5.91 Å². The average molecular weight is 408 g/mol. The number of thioether (sulfide) groups is 1. The summed E-state index contributed by atoms with van der Waals surface area (Å²) in [6.45, 7) is 3.74. The molecular formula is C17H15Cl2N5OS. The van der Waals surface area contributed by atoms with E-state index in [1.165, 1.54) is 11.8 Å². The molecule has 1 atom stereocenters. The van der Waals surface area contributed by atoms with Crippen LogP contribution in [0.1, 0.15) is 12.5 Å². The number of anilines is 1. The number of nitrogens with one attached hydrogen (secondary N) is 1. The third kappa shape index (κ3) is 4.00. The fraction of sp³-hybridized carbons (Fsp3) is 0.176. The zero-order valence-corrected chi connectivity index (χ0v) is 16.3. The van der Waals surface area contributed by atoms with Crippen molar-refractivity contribution < 1.29 is 4.79 Å². The van der Waals surface area contributed by atoms with E-state index in [0.29, 0.717) is 20.9 Å². The zero-order chi connectivity index (χ0) is 18.7. The van der Waals surface area contributed by atoms with Gasteiger partial charge < -0.3 is 5.32 Å². The van der Waals surface area contributed by atoms with Crippen molar-refractivity contribution in [2.24, 2.45) is 0 Å². The number of carbonyl (C=O) groups excluding carboxylic acids is 1. The molecule has 1 N–H and O–H groups in total. The fourth-order valence-corrected chi connectivity index (χ4v) is 3.55. The van der Waals surface area contributed by atoms with Crippen LogP contribution in [-0.2, 0) is 4.79 Å². The molecule has 0 aliphatic rings. The number of aryl methyl sites for hydroxylation is 1. The van der Waals surface area contributed by atoms with Crippen molar-refractivity contribution in [2.75, 3.05) is 5.32 Å². The van der Waals surface area contributed by atoms with E-state index >= 15 is 0 Å². The number of nitrogens with zero attached hydrogens (tertiary/aromatic N) is 4. The first kappa shape index (κ1) is 18.7. The number of hydrogen-bond acceptors (Lipinski definition) is 5. The molecule has 0 saturated heterocycles. The van der Waals surface area contributed by atoms with Crippen LogP contribution in [-0.4, -0.2) is 31.4 Å². The molecule has 3 rings (SSSR count). The zero-order valence-electron chi connectivity index (χ0n) is 14.0. The van der Waals surface area contributed by atoms with Gasteiger partial charge in [-0.1, -0.05) is 59.2 Å². The van der Waals surface area contributed by atoms with Gasteiger partial charge in [0.2, 0.25) is 11.1 Å². The number of halogens is 2. The lowest BCUT2D eigenvalue weighted by molar-refractivity contribution is -0.115. The van der Waals surface area contributed by atoms with Gasteiger partial charge in [-0.05, 0) is 48.0 Å². The Morgan fingerprint density at radius 1 is 1.15 bits per heavy atom. The molecule has 1 aromatic heterocycles. The van der Waals surface area contributed by atoms with Gasteiger partial charge in [0.25, 0.3) is 0 Å². The van der Waals surface area contributed by atoms with Crippen LogP contribution in [0.2, 0.25) is 10.0 Å². The molecular weight excluding hydrogens is 393 g/mol. The van der Waals surface area contributed by atoms with Gasteiger partial charge in [-0.3, -0.25) is 4.79 Å². The Morgan fingerprint density at radius 2 is 1.85 bits per heavy atom. The quantitative estimate of drug-likeness (QED) is 0.634. The molecule has 26 heavy (non-hydrogen) atoms. The van der Waals surface area contributed by atoms with Crippen LogP contribution >= 0.6 is 35.0 Å². The first-order valence-electron chi connectivity index (χ1n) is 7.73. The van der Waals surface area contributed by atoms with Gasteiger partial charge in [0.15, 0.2) is 0 Å². The third-order valence-electron chi connectivity index (χ3n) is 3.65. The largest absolute Gasteiger partial charge is 0.323 e. The number of hydrogen-bond donors (Lipinski definition) is 1. The van der Waals surface area contributed by atoms with Gasteiger partial charge in [-0.2, -0.15) is 4.68 Å². The molecule has 2 aromatic carbocycles. The molecule has 0 aliphatic carbocycles. The molecule has 1 amide bonds. The first-order chi connectivity index (χ1) is 12.5. The molecule has 9 heteroatoms. The van der Waals surface area contributed by atoms with E-state index in [2.05, 4.69) is 20.8 Å². The Morgan fingerprint density at radius 3 is 2.54 bits per heavy atom. The Balaban J connectivity index is 1.77. The maximum Gasteiger partial charge on any atom is 0.237 e. The van der Waals surface area contributed by atoms with Crippen molar-refractivity contribution in [1.82, 2.24) is 20.2 Å². The summed E-state index contributed by atoms with van der Waals surface area (Å²) in [5, 5.41) is 15.4. The van der Waals surface area contributed by atoms with E-state index < -0.39 is 5.25 Å². The highest BCUT2D eigenvalue weighted by Crippen LogP contribution is 2.31. The Labute approximate surface area is 164 Å². The van der Waals surface area contributed by atoms with Gasteiger partial charge in [0.1, 0.15) is 0 Å². The van der Waals surface area contributed by atoms with Gasteiger partial charge in [-0.15, -0.1) is 5.10 Å². The second-order valence-electron chi connectivity index (χ2n) is 5.51. The fourth-order valence-electron chi connectivity index (χ4n) is 2.26. The maximum atomic E-state index is 12.5. The van der Waals surface area contributed by atoms with E-state index in [9.17, 15) is 4.79 Å². The van der Waals surface area contributed by atoms with Crippen LogP contribution in [0.3, 0.4) is 0 Å². The average Bonchev–Trinajstić information content (AvgIpc) is 3.06. The molecule has 134 valence electrons. The standard InChI is InChI=1S/C17H15Cl2N5OS/c1-10-6-3-4-9-14(10)24-17(21-22-23-24)26-11(2)16(25)20-15-12(18)7-5-8-13(15)19/h3-9,11H,1-2H3,(H,20,25)/t11-/m0/s1. The third-order valence-corrected chi connectivity index (χ3v) is 5.31. The number of rotatable bonds is 5. The maximum absolute atomic E-state index is 12.5. The molecule has 0 saturated carbocycles. The number of para-hydroxylation sites is 2. The van der Waals surface area contributed by atoms with E-state index in [0.717, 1.165) is 11.3 Å². The SMILES string of the molecule is Cc1ccccc1-n1nnnc1S[C@@H](C)C(=O)Nc1c(Cl)cccc1Cl. The summed E-state index contributed by atoms with van der Waals surface area (Å²) in [5.41, 5.74) is 2.29. The number of carbonyl (C=O) groups is 1. The molecule has 0 radical (unpaired) electrons. The number of tetrazole rings is 1. The topological polar surface area (TPSA) is 72.7 Å². The second kappa shape index (κ2) is 8.07. The van der Waals surface area contributed by atoms with Gasteiger partial charge in [0, 0.05) is 0 Å². The van der Waals surface area contributed by atoms with Crippen molar-refractivity contribution in [2.45, 2.75) is 24.3 Å². The highest BCUT2D eigenvalue weighted by molar-refractivity contribution is 8.00. The molecule has 3 aromatic rings. The molecule has 1 heterocycles. The summed E-state index contributed by atoms with van der Waals surface area (Å²) in [7, 11) is 0. The van der Waals surface area contributed by atoms with Gasteiger partial charge in [-0.25, -0.2) is 0 Å². The van der Waals surface area contributed by atoms with Crippen LogP contribution in [0, 0.1) is 6.92 Å². The molecule has 0 unspecified atom stereocenters. The molecule has 0 aliphatic heterocycles. The van der Waals surface area contributed by atoms with E-state index in [4.69, 9.17) is 23.2 Å². The molecule has 0 fully saturated rings. The normalized spacial score (nSPS) is 12.0. The molecule has 0 spiro atoms. The highest BCUT2D eigenvalue weighted by Gasteiger charge is 2.21. The molecule has 0 bridgehead atoms. The van der Waals surface area contributed by atoms with Crippen molar-refractivity contribution in [3.63, 3.8) is 0 Å². The number of amides is 1. The Kier molecular flexibility index (Phi) is 5.80. The van der Waals surface area contributed by atoms with Crippen molar-refractivity contribution in [3.8, 4) is 5.69 Å². The van der Waals surface area contributed by atoms with Crippen LogP contribution in [0.4, 0.5) is 5.69 Å². The minimum Gasteiger partial charge on any atom is -0.323 e. The van der Waals surface area contributed by atoms with Crippen molar-refractivity contribution >= 4 is 46.6 Å². The van der Waals surface area contributed by atoms with Gasteiger partial charge >= 0.3 is 0 Å². The van der Waals surface area contributed by atoms with Crippen LogP contribution < -0.4 is 5.32 Å². The number of aromatic nitrogens is 4. The van der Waals surface area contributed by atoms with E-state index in [1.807, 2.05) is 31.2 Å². The second-order valence-corrected chi connectivity index (χ2v) is 7.63. The monoisotopic (exact) mass is 407 g/mol. The minimum absolute atomic E-state index is 0.246. The van der Waals surface area contributed by atoms with Crippen molar-refractivity contribution in [1.29, 1.82) is 0 Å². The van der Waals surface area contributed by atoms with Crippen LogP contribution in [0.15, 0.2) is 47.6 Å². The Bertz CT molecular complexity index is 926. The summed E-state index contributed by atoms with van der Waals surface area (Å²) in [6.07, 6.45) is 0. The lowest BCUT2D eigenvalue weighted by atomic mass is 10.2. The smallest absolute Gasteiger partial charge is 0.237 e. The number of benzene rings is 2. The summed E-state index contributed by atoms with van der Waals surface area (Å²) in [4.78, 5) is 12.5. The summed E-state index contributed by atoms with van der Waals surface area (Å²) < 4.78 is 1.62.